The van der Waals surface area contributed by atoms with E-state index in [1.807, 2.05) is 0 Å². The van der Waals surface area contributed by atoms with Gasteiger partial charge in [-0.25, -0.2) is 9.59 Å². The van der Waals surface area contributed by atoms with Gasteiger partial charge in [0, 0.05) is 8.27 Å². The molecular formula is C10H7NO4. The third-order valence-electron chi connectivity index (χ3n) is 1.95. The van der Waals surface area contributed by atoms with E-state index in [-0.39, 0.29) is 16.8 Å². The summed E-state index contributed by atoms with van der Waals surface area (Å²) in [6.07, 6.45) is 0. The number of rotatable bonds is 1. The molecule has 1 amide bonds. The fourth-order valence-electron chi connectivity index (χ4n) is 1.39. The van der Waals surface area contributed by atoms with Gasteiger partial charge in [-0.3, -0.25) is 4.79 Å². The Kier molecular flexibility index (Phi) is 1.74. The van der Waals surface area contributed by atoms with Crippen LogP contribution >= 0.6 is 0 Å². The molecule has 1 heterocycles. The summed E-state index contributed by atoms with van der Waals surface area (Å²) in [6.45, 7) is -0.452. The maximum atomic E-state index is 11.3. The summed E-state index contributed by atoms with van der Waals surface area (Å²) >= 11 is 0. The highest BCUT2D eigenvalue weighted by atomic mass is 16.6. The second kappa shape index (κ2) is 3.20. The molecule has 0 aromatic heterocycles. The molecule has 76 valence electrons. The third-order valence-corrected chi connectivity index (χ3v) is 1.95. The van der Waals surface area contributed by atoms with Crippen LogP contribution in [0.5, 0.6) is 0 Å². The Balaban J connectivity index is 2.45. The Morgan fingerprint density at radius 3 is 2.93 bits per heavy atom. The standard InChI is InChI=1S/C10H7NO4/c1-5(12)11-7-4-2-3-6-8(7)10(14)15-9(6)13/h2-4H,1H3,(H,11,12)/i1D. The molecule has 15 heavy (non-hydrogen) atoms. The van der Waals surface area contributed by atoms with Gasteiger partial charge >= 0.3 is 11.9 Å². The first-order valence-electron chi connectivity index (χ1n) is 4.83. The molecule has 0 aliphatic carbocycles. The van der Waals surface area contributed by atoms with Gasteiger partial charge in [0.05, 0.1) is 16.8 Å². The molecule has 1 aromatic carbocycles. The van der Waals surface area contributed by atoms with E-state index < -0.39 is 24.7 Å². The van der Waals surface area contributed by atoms with Gasteiger partial charge in [-0.15, -0.1) is 0 Å². The SMILES string of the molecule is [2H]CC(=O)Nc1cccc2c1C(=O)OC2=O. The van der Waals surface area contributed by atoms with Crippen LogP contribution in [0.15, 0.2) is 18.2 Å². The number of nitrogens with one attached hydrogen (secondary N) is 1. The smallest absolute Gasteiger partial charge is 0.349 e. The maximum absolute atomic E-state index is 11.3. The number of fused-ring (bicyclic) bond motifs is 1. The number of carbonyl (C=O) groups excluding carboxylic acids is 3. The van der Waals surface area contributed by atoms with Gasteiger partial charge in [0.15, 0.2) is 0 Å². The first kappa shape index (κ1) is 8.16. The fraction of sp³-hybridized carbons (Fsp3) is 0.100. The number of hydrogen-bond donors (Lipinski definition) is 1. The van der Waals surface area contributed by atoms with E-state index in [0.29, 0.717) is 0 Å². The molecule has 0 atom stereocenters. The van der Waals surface area contributed by atoms with Gasteiger partial charge in [0.25, 0.3) is 0 Å². The van der Waals surface area contributed by atoms with Gasteiger partial charge in [0.2, 0.25) is 5.91 Å². The van der Waals surface area contributed by atoms with Gasteiger partial charge in [0.1, 0.15) is 0 Å². The van der Waals surface area contributed by atoms with Crippen LogP contribution < -0.4 is 5.32 Å². The largest absolute Gasteiger partial charge is 0.386 e. The zero-order valence-electron chi connectivity index (χ0n) is 8.57. The molecule has 0 unspecified atom stereocenters. The van der Waals surface area contributed by atoms with Crippen molar-refractivity contribution in [1.29, 1.82) is 0 Å². The number of amides is 1. The molecule has 0 bridgehead atoms. The molecule has 1 aromatic rings. The number of hydrogen-bond acceptors (Lipinski definition) is 4. The molecule has 5 heteroatoms. The predicted molar refractivity (Wildman–Crippen MR) is 50.5 cm³/mol. The lowest BCUT2D eigenvalue weighted by molar-refractivity contribution is -0.114. The highest BCUT2D eigenvalue weighted by molar-refractivity contribution is 6.18. The summed E-state index contributed by atoms with van der Waals surface area (Å²) in [6, 6.07) is 4.45. The van der Waals surface area contributed by atoms with Gasteiger partial charge in [-0.2, -0.15) is 0 Å². The molecule has 1 aliphatic heterocycles. The van der Waals surface area contributed by atoms with Crippen LogP contribution in [0.3, 0.4) is 0 Å². The Morgan fingerprint density at radius 1 is 1.40 bits per heavy atom. The Hall–Kier alpha value is -2.17. The Bertz CT molecular complexity index is 498. The summed E-state index contributed by atoms with van der Waals surface area (Å²) in [7, 11) is 0. The van der Waals surface area contributed by atoms with E-state index in [2.05, 4.69) is 10.1 Å². The Morgan fingerprint density at radius 2 is 2.20 bits per heavy atom. The highest BCUT2D eigenvalue weighted by Gasteiger charge is 2.32. The number of ether oxygens (including phenoxy) is 1. The van der Waals surface area contributed by atoms with E-state index in [0.717, 1.165) is 0 Å². The molecule has 0 saturated carbocycles. The number of carbonyl (C=O) groups is 3. The number of cyclic esters (lactones) is 2. The van der Waals surface area contributed by atoms with E-state index in [4.69, 9.17) is 1.37 Å². The third kappa shape index (κ3) is 1.48. The topological polar surface area (TPSA) is 72.5 Å². The fourth-order valence-corrected chi connectivity index (χ4v) is 1.39. The maximum Gasteiger partial charge on any atom is 0.349 e. The predicted octanol–water partition coefficient (Wildman–Crippen LogP) is 0.956. The minimum absolute atomic E-state index is 0.0503. The van der Waals surface area contributed by atoms with Crippen molar-refractivity contribution >= 4 is 23.5 Å². The van der Waals surface area contributed by atoms with Crippen molar-refractivity contribution < 1.29 is 20.5 Å². The molecule has 0 radical (unpaired) electrons. The molecule has 2 rings (SSSR count). The lowest BCUT2D eigenvalue weighted by Crippen LogP contribution is -2.09. The summed E-state index contributed by atoms with van der Waals surface area (Å²) in [5.74, 6) is -2.05. The lowest BCUT2D eigenvalue weighted by atomic mass is 10.1. The quantitative estimate of drug-likeness (QED) is 0.548. The van der Waals surface area contributed by atoms with Crippen LogP contribution in [0.2, 0.25) is 0 Å². The molecule has 1 N–H and O–H groups in total. The van der Waals surface area contributed by atoms with Crippen LogP contribution in [-0.2, 0) is 9.53 Å². The van der Waals surface area contributed by atoms with Crippen molar-refractivity contribution in [3.8, 4) is 0 Å². The summed E-state index contributed by atoms with van der Waals surface area (Å²) < 4.78 is 11.3. The van der Waals surface area contributed by atoms with Crippen LogP contribution in [-0.4, -0.2) is 17.8 Å². The molecule has 5 nitrogen and oxygen atoms in total. The van der Waals surface area contributed by atoms with Crippen molar-refractivity contribution in [2.24, 2.45) is 0 Å². The minimum Gasteiger partial charge on any atom is -0.386 e. The first-order chi connectivity index (χ1) is 7.63. The van der Waals surface area contributed by atoms with Crippen molar-refractivity contribution in [3.05, 3.63) is 29.3 Å². The van der Waals surface area contributed by atoms with E-state index in [1.165, 1.54) is 18.2 Å². The van der Waals surface area contributed by atoms with Crippen molar-refractivity contribution in [2.45, 2.75) is 6.90 Å². The van der Waals surface area contributed by atoms with Crippen LogP contribution in [0.4, 0.5) is 5.69 Å². The summed E-state index contributed by atoms with van der Waals surface area (Å²) in [4.78, 5) is 33.5. The van der Waals surface area contributed by atoms with Gasteiger partial charge < -0.3 is 10.1 Å². The molecule has 1 aliphatic rings. The highest BCUT2D eigenvalue weighted by Crippen LogP contribution is 2.27. The van der Waals surface area contributed by atoms with Crippen LogP contribution in [0.25, 0.3) is 0 Å². The average molecular weight is 206 g/mol. The van der Waals surface area contributed by atoms with E-state index in [9.17, 15) is 14.4 Å². The molecule has 0 fully saturated rings. The second-order valence-electron chi connectivity index (χ2n) is 2.95. The molecular weight excluding hydrogens is 198 g/mol. The number of esters is 2. The zero-order valence-corrected chi connectivity index (χ0v) is 7.57. The van der Waals surface area contributed by atoms with E-state index in [1.54, 1.807) is 0 Å². The lowest BCUT2D eigenvalue weighted by Gasteiger charge is -2.03. The number of benzene rings is 1. The first-order valence-corrected chi connectivity index (χ1v) is 4.12. The summed E-state index contributed by atoms with van der Waals surface area (Å²) in [5.41, 5.74) is 0.382. The van der Waals surface area contributed by atoms with Gasteiger partial charge in [-0.05, 0) is 12.1 Å². The molecule has 0 saturated heterocycles. The monoisotopic (exact) mass is 206 g/mol. The second-order valence-corrected chi connectivity index (χ2v) is 2.95. The number of anilines is 1. The molecule has 0 spiro atoms. The van der Waals surface area contributed by atoms with Crippen LogP contribution in [0, 0.1) is 0 Å². The van der Waals surface area contributed by atoms with E-state index >= 15 is 0 Å². The Labute approximate surface area is 86.4 Å². The van der Waals surface area contributed by atoms with Crippen molar-refractivity contribution in [3.63, 3.8) is 0 Å². The minimum atomic E-state index is -0.777. The van der Waals surface area contributed by atoms with Crippen LogP contribution in [0.1, 0.15) is 29.0 Å². The van der Waals surface area contributed by atoms with Crippen molar-refractivity contribution in [2.75, 3.05) is 5.32 Å². The average Bonchev–Trinajstić information content (AvgIpc) is 2.56. The van der Waals surface area contributed by atoms with Crippen molar-refractivity contribution in [1.82, 2.24) is 0 Å². The summed E-state index contributed by atoms with van der Waals surface area (Å²) in [5, 5.41) is 2.36. The zero-order chi connectivity index (χ0) is 11.7. The normalized spacial score (nSPS) is 14.3. The van der Waals surface area contributed by atoms with Gasteiger partial charge in [-0.1, -0.05) is 6.07 Å².